The van der Waals surface area contributed by atoms with Gasteiger partial charge in [0, 0.05) is 0 Å². The molecule has 0 N–H and O–H groups in total. The summed E-state index contributed by atoms with van der Waals surface area (Å²) in [6.07, 6.45) is 0. The van der Waals surface area contributed by atoms with Crippen LogP contribution in [-0.4, -0.2) is 0 Å². The first-order chi connectivity index (χ1) is 13.7. The average Bonchev–Trinajstić information content (AvgIpc) is 2.80. The van der Waals surface area contributed by atoms with Gasteiger partial charge in [-0.25, -0.2) is 0 Å². The predicted molar refractivity (Wildman–Crippen MR) is 119 cm³/mol. The van der Waals surface area contributed by atoms with Crippen molar-refractivity contribution >= 4 is 23.2 Å². The van der Waals surface area contributed by atoms with Crippen LogP contribution in [0.1, 0.15) is 33.2 Å². The van der Waals surface area contributed by atoms with Gasteiger partial charge in [-0.05, 0) is 27.8 Å². The minimum absolute atomic E-state index is 0.187. The first-order valence-electron chi connectivity index (χ1n) is 9.29. The van der Waals surface area contributed by atoms with E-state index in [9.17, 15) is 0 Å². The molecule has 4 aromatic carbocycles. The van der Waals surface area contributed by atoms with Crippen molar-refractivity contribution in [2.75, 3.05) is 0 Å². The lowest BCUT2D eigenvalue weighted by Gasteiger charge is -2.29. The van der Waals surface area contributed by atoms with Crippen LogP contribution >= 0.6 is 23.2 Å². The molecular weight excluding hydrogens is 383 g/mol. The third-order valence-electron chi connectivity index (χ3n) is 5.04. The van der Waals surface area contributed by atoms with Crippen molar-refractivity contribution in [1.29, 1.82) is 0 Å². The van der Waals surface area contributed by atoms with Crippen LogP contribution in [-0.2, 0) is 4.87 Å². The monoisotopic (exact) mass is 402 g/mol. The standard InChI is InChI=1S/C26H20Cl2/c27-25(20-10-4-1-5-11-20)21-16-18-24(19-17-21)26(28,22-12-6-2-7-13-22)23-14-8-3-9-15-23/h1-19,25H. The molecule has 0 amide bonds. The Morgan fingerprint density at radius 1 is 0.464 bits per heavy atom. The maximum absolute atomic E-state index is 7.33. The van der Waals surface area contributed by atoms with Crippen LogP contribution in [0.5, 0.6) is 0 Å². The van der Waals surface area contributed by atoms with Gasteiger partial charge in [-0.15, -0.1) is 23.2 Å². The van der Waals surface area contributed by atoms with E-state index in [-0.39, 0.29) is 5.38 Å². The summed E-state index contributed by atoms with van der Waals surface area (Å²) in [5, 5.41) is -0.187. The molecule has 0 heterocycles. The molecule has 0 nitrogen and oxygen atoms in total. The van der Waals surface area contributed by atoms with E-state index in [2.05, 4.69) is 48.5 Å². The van der Waals surface area contributed by atoms with Gasteiger partial charge in [0.2, 0.25) is 0 Å². The molecule has 0 fully saturated rings. The number of rotatable bonds is 5. The number of alkyl halides is 2. The summed E-state index contributed by atoms with van der Waals surface area (Å²) in [4.78, 5) is -0.754. The molecule has 0 spiro atoms. The second-order valence-corrected chi connectivity index (χ2v) is 7.79. The molecule has 0 aromatic heterocycles. The van der Waals surface area contributed by atoms with Crippen LogP contribution in [0.4, 0.5) is 0 Å². The van der Waals surface area contributed by atoms with Crippen molar-refractivity contribution in [3.8, 4) is 0 Å². The minimum atomic E-state index is -0.754. The predicted octanol–water partition coefficient (Wildman–Crippen LogP) is 7.55. The lowest BCUT2D eigenvalue weighted by atomic mass is 9.83. The van der Waals surface area contributed by atoms with Gasteiger partial charge < -0.3 is 0 Å². The second-order valence-electron chi connectivity index (χ2n) is 6.79. The zero-order valence-corrected chi connectivity index (χ0v) is 16.8. The zero-order valence-electron chi connectivity index (χ0n) is 15.3. The summed E-state index contributed by atoms with van der Waals surface area (Å²) in [6.45, 7) is 0. The SMILES string of the molecule is ClC(c1ccccc1)c1ccc(C(Cl)(c2ccccc2)c2ccccc2)cc1. The van der Waals surface area contributed by atoms with Gasteiger partial charge in [0.25, 0.3) is 0 Å². The lowest BCUT2D eigenvalue weighted by molar-refractivity contribution is 0.877. The number of hydrogen-bond acceptors (Lipinski definition) is 0. The molecule has 0 saturated carbocycles. The van der Waals surface area contributed by atoms with Crippen LogP contribution in [0, 0.1) is 0 Å². The highest BCUT2D eigenvalue weighted by Crippen LogP contribution is 2.43. The molecule has 138 valence electrons. The van der Waals surface area contributed by atoms with Gasteiger partial charge >= 0.3 is 0 Å². The van der Waals surface area contributed by atoms with Crippen molar-refractivity contribution < 1.29 is 0 Å². The van der Waals surface area contributed by atoms with Crippen LogP contribution in [0.25, 0.3) is 0 Å². The highest BCUT2D eigenvalue weighted by Gasteiger charge is 2.33. The Hall–Kier alpha value is -2.54. The van der Waals surface area contributed by atoms with E-state index >= 15 is 0 Å². The van der Waals surface area contributed by atoms with Gasteiger partial charge in [0.05, 0.1) is 5.38 Å². The molecule has 0 bridgehead atoms. The molecule has 0 aliphatic rings. The summed E-state index contributed by atoms with van der Waals surface area (Å²) in [5.74, 6) is 0. The maximum atomic E-state index is 7.33. The summed E-state index contributed by atoms with van der Waals surface area (Å²) in [6, 6.07) is 38.8. The first-order valence-corrected chi connectivity index (χ1v) is 10.1. The Bertz CT molecular complexity index is 971. The van der Waals surface area contributed by atoms with Crippen LogP contribution < -0.4 is 0 Å². The summed E-state index contributed by atoms with van der Waals surface area (Å²) >= 11 is 14.0. The van der Waals surface area contributed by atoms with Gasteiger partial charge in [-0.2, -0.15) is 0 Å². The fourth-order valence-corrected chi connectivity index (χ4v) is 4.20. The molecule has 0 radical (unpaired) electrons. The van der Waals surface area contributed by atoms with Gasteiger partial charge in [0.1, 0.15) is 4.87 Å². The smallest absolute Gasteiger partial charge is 0.113 e. The maximum Gasteiger partial charge on any atom is 0.119 e. The van der Waals surface area contributed by atoms with E-state index in [1.807, 2.05) is 66.7 Å². The van der Waals surface area contributed by atoms with E-state index in [0.717, 1.165) is 27.8 Å². The van der Waals surface area contributed by atoms with Gasteiger partial charge in [-0.1, -0.05) is 115 Å². The first kappa shape index (κ1) is 18.8. The van der Waals surface area contributed by atoms with Crippen LogP contribution in [0.15, 0.2) is 115 Å². The summed E-state index contributed by atoms with van der Waals surface area (Å²) < 4.78 is 0. The van der Waals surface area contributed by atoms with Gasteiger partial charge in [0.15, 0.2) is 0 Å². The fraction of sp³-hybridized carbons (Fsp3) is 0.0769. The highest BCUT2D eigenvalue weighted by atomic mass is 35.5. The number of hydrogen-bond donors (Lipinski definition) is 0. The topological polar surface area (TPSA) is 0 Å². The van der Waals surface area contributed by atoms with E-state index in [0.29, 0.717) is 0 Å². The Balaban J connectivity index is 1.76. The van der Waals surface area contributed by atoms with E-state index in [4.69, 9.17) is 23.2 Å². The Morgan fingerprint density at radius 2 is 0.821 bits per heavy atom. The summed E-state index contributed by atoms with van der Waals surface area (Å²) in [5.41, 5.74) is 5.24. The summed E-state index contributed by atoms with van der Waals surface area (Å²) in [7, 11) is 0. The largest absolute Gasteiger partial charge is 0.119 e. The second kappa shape index (κ2) is 8.22. The molecule has 0 aliphatic heterocycles. The zero-order chi connectivity index (χ0) is 19.4. The Labute approximate surface area is 176 Å². The molecule has 28 heavy (non-hydrogen) atoms. The quantitative estimate of drug-likeness (QED) is 0.238. The molecule has 1 atom stereocenters. The average molecular weight is 403 g/mol. The normalized spacial score (nSPS) is 12.5. The molecule has 4 rings (SSSR count). The van der Waals surface area contributed by atoms with E-state index in [1.54, 1.807) is 0 Å². The Morgan fingerprint density at radius 3 is 1.29 bits per heavy atom. The third kappa shape index (κ3) is 3.58. The fourth-order valence-electron chi connectivity index (χ4n) is 3.53. The van der Waals surface area contributed by atoms with Crippen LogP contribution in [0.2, 0.25) is 0 Å². The third-order valence-corrected chi connectivity index (χ3v) is 6.20. The minimum Gasteiger partial charge on any atom is -0.113 e. The molecular formula is C26H20Cl2. The molecule has 2 heteroatoms. The molecule has 4 aromatic rings. The van der Waals surface area contributed by atoms with E-state index < -0.39 is 4.87 Å². The van der Waals surface area contributed by atoms with Crippen LogP contribution in [0.3, 0.4) is 0 Å². The van der Waals surface area contributed by atoms with Crippen molar-refractivity contribution in [2.45, 2.75) is 10.3 Å². The Kier molecular flexibility index (Phi) is 5.52. The highest BCUT2D eigenvalue weighted by molar-refractivity contribution is 6.28. The van der Waals surface area contributed by atoms with E-state index in [1.165, 1.54) is 0 Å². The van der Waals surface area contributed by atoms with Crippen molar-refractivity contribution in [3.05, 3.63) is 143 Å². The number of halogens is 2. The van der Waals surface area contributed by atoms with Gasteiger partial charge in [-0.3, -0.25) is 0 Å². The molecule has 0 aliphatic carbocycles. The molecule has 1 unspecified atom stereocenters. The van der Waals surface area contributed by atoms with Crippen molar-refractivity contribution in [1.82, 2.24) is 0 Å². The lowest BCUT2D eigenvalue weighted by Crippen LogP contribution is -2.22. The molecule has 0 saturated heterocycles. The van der Waals surface area contributed by atoms with Crippen molar-refractivity contribution in [2.24, 2.45) is 0 Å². The number of benzene rings is 4. The van der Waals surface area contributed by atoms with Crippen molar-refractivity contribution in [3.63, 3.8) is 0 Å².